The van der Waals surface area contributed by atoms with E-state index in [0.717, 1.165) is 38.8 Å². The normalized spacial score (nSPS) is 24.4. The van der Waals surface area contributed by atoms with Crippen molar-refractivity contribution < 1.29 is 9.59 Å². The first-order valence-electron chi connectivity index (χ1n) is 9.23. The Morgan fingerprint density at radius 3 is 2.76 bits per heavy atom. The molecule has 7 nitrogen and oxygen atoms in total. The van der Waals surface area contributed by atoms with E-state index in [0.29, 0.717) is 31.1 Å². The van der Waals surface area contributed by atoms with Gasteiger partial charge in [0.25, 0.3) is 5.91 Å². The van der Waals surface area contributed by atoms with Gasteiger partial charge in [0.15, 0.2) is 0 Å². The SMILES string of the molecule is CC(C)CCN1C[C@]2(CCCN(C(=O)c3c[nH]c(=O)[nH]3)C2)CCC1=O. The quantitative estimate of drug-likeness (QED) is 0.866. The van der Waals surface area contributed by atoms with Gasteiger partial charge in [0, 0.05) is 44.2 Å². The van der Waals surface area contributed by atoms with Crippen LogP contribution in [0.5, 0.6) is 0 Å². The number of imidazole rings is 1. The second-order valence-corrected chi connectivity index (χ2v) is 7.98. The number of piperidine rings is 2. The molecule has 0 radical (unpaired) electrons. The van der Waals surface area contributed by atoms with Gasteiger partial charge in [0.2, 0.25) is 5.91 Å². The summed E-state index contributed by atoms with van der Waals surface area (Å²) in [5.41, 5.74) is -0.0566. The number of amides is 2. The van der Waals surface area contributed by atoms with Gasteiger partial charge in [-0.1, -0.05) is 13.8 Å². The number of rotatable bonds is 4. The van der Waals surface area contributed by atoms with Crippen LogP contribution < -0.4 is 5.69 Å². The zero-order valence-corrected chi connectivity index (χ0v) is 15.1. The molecule has 25 heavy (non-hydrogen) atoms. The molecule has 3 rings (SSSR count). The molecule has 0 aliphatic carbocycles. The van der Waals surface area contributed by atoms with E-state index >= 15 is 0 Å². The van der Waals surface area contributed by atoms with E-state index in [2.05, 4.69) is 23.8 Å². The van der Waals surface area contributed by atoms with E-state index < -0.39 is 0 Å². The average molecular weight is 348 g/mol. The van der Waals surface area contributed by atoms with Crippen molar-refractivity contribution in [2.45, 2.75) is 46.0 Å². The second-order valence-electron chi connectivity index (χ2n) is 7.98. The van der Waals surface area contributed by atoms with Crippen LogP contribution in [-0.2, 0) is 4.79 Å². The van der Waals surface area contributed by atoms with Crippen LogP contribution in [0.1, 0.15) is 56.4 Å². The van der Waals surface area contributed by atoms with Crippen LogP contribution in [0.2, 0.25) is 0 Å². The largest absolute Gasteiger partial charge is 0.342 e. The lowest BCUT2D eigenvalue weighted by Gasteiger charge is -2.48. The van der Waals surface area contributed by atoms with Crippen molar-refractivity contribution in [1.29, 1.82) is 0 Å². The molecular formula is C18H28N4O3. The highest BCUT2D eigenvalue weighted by Gasteiger charge is 2.42. The molecule has 2 N–H and O–H groups in total. The molecule has 2 amide bonds. The summed E-state index contributed by atoms with van der Waals surface area (Å²) in [7, 11) is 0. The van der Waals surface area contributed by atoms with Crippen LogP contribution in [0.15, 0.2) is 11.0 Å². The Balaban J connectivity index is 1.69. The first-order valence-corrected chi connectivity index (χ1v) is 9.23. The summed E-state index contributed by atoms with van der Waals surface area (Å²) < 4.78 is 0. The number of H-pyrrole nitrogens is 2. The molecular weight excluding hydrogens is 320 g/mol. The maximum Gasteiger partial charge on any atom is 0.323 e. The van der Waals surface area contributed by atoms with Crippen LogP contribution in [0.25, 0.3) is 0 Å². The third kappa shape index (κ3) is 3.96. The van der Waals surface area contributed by atoms with Crippen LogP contribution in [-0.4, -0.2) is 57.8 Å². The van der Waals surface area contributed by atoms with Crippen molar-refractivity contribution in [3.63, 3.8) is 0 Å². The molecule has 0 saturated carbocycles. The fourth-order valence-corrected chi connectivity index (χ4v) is 4.05. The van der Waals surface area contributed by atoms with E-state index in [4.69, 9.17) is 0 Å². The standard InChI is InChI=1S/C18H28N4O3/c1-13(2)5-9-21-11-18(7-4-15(21)23)6-3-8-22(12-18)16(24)14-10-19-17(25)20-14/h10,13H,3-9,11-12H2,1-2H3,(H2,19,20,25)/t18-/m0/s1. The van der Waals surface area contributed by atoms with Gasteiger partial charge in [-0.15, -0.1) is 0 Å². The lowest BCUT2D eigenvalue weighted by atomic mass is 9.73. The molecule has 0 bridgehead atoms. The number of likely N-dealkylation sites (tertiary alicyclic amines) is 2. The fourth-order valence-electron chi connectivity index (χ4n) is 4.05. The van der Waals surface area contributed by atoms with E-state index in [9.17, 15) is 14.4 Å². The zero-order valence-electron chi connectivity index (χ0n) is 15.1. The van der Waals surface area contributed by atoms with Crippen LogP contribution >= 0.6 is 0 Å². The van der Waals surface area contributed by atoms with E-state index in [-0.39, 0.29) is 22.9 Å². The first kappa shape index (κ1) is 17.8. The summed E-state index contributed by atoms with van der Waals surface area (Å²) in [5.74, 6) is 0.674. The van der Waals surface area contributed by atoms with Gasteiger partial charge in [-0.05, 0) is 31.6 Å². The van der Waals surface area contributed by atoms with Crippen LogP contribution in [0, 0.1) is 11.3 Å². The summed E-state index contributed by atoms with van der Waals surface area (Å²) in [6.07, 6.45) is 5.84. The summed E-state index contributed by atoms with van der Waals surface area (Å²) in [6, 6.07) is 0. The average Bonchev–Trinajstić information content (AvgIpc) is 3.02. The number of carbonyl (C=O) groups is 2. The van der Waals surface area contributed by atoms with Crippen molar-refractivity contribution >= 4 is 11.8 Å². The molecule has 2 aliphatic rings. The number of nitrogens with one attached hydrogen (secondary N) is 2. The fraction of sp³-hybridized carbons (Fsp3) is 0.722. The van der Waals surface area contributed by atoms with Crippen LogP contribution in [0.3, 0.4) is 0 Å². The van der Waals surface area contributed by atoms with Gasteiger partial charge in [0.05, 0.1) is 0 Å². The highest BCUT2D eigenvalue weighted by atomic mass is 16.2. The van der Waals surface area contributed by atoms with E-state index in [1.807, 2.05) is 9.80 Å². The number of hydrogen-bond donors (Lipinski definition) is 2. The molecule has 7 heteroatoms. The number of aromatic nitrogens is 2. The Bertz CT molecular complexity index is 692. The smallest absolute Gasteiger partial charge is 0.323 e. The Morgan fingerprint density at radius 2 is 2.08 bits per heavy atom. The van der Waals surface area contributed by atoms with Crippen molar-refractivity contribution in [3.05, 3.63) is 22.4 Å². The molecule has 2 fully saturated rings. The molecule has 0 unspecified atom stereocenters. The maximum atomic E-state index is 12.7. The molecule has 1 aromatic rings. The number of nitrogens with zero attached hydrogens (tertiary/aromatic N) is 2. The van der Waals surface area contributed by atoms with Crippen molar-refractivity contribution in [2.75, 3.05) is 26.2 Å². The molecule has 138 valence electrons. The van der Waals surface area contributed by atoms with Crippen molar-refractivity contribution in [3.8, 4) is 0 Å². The second kappa shape index (κ2) is 7.06. The Kier molecular flexibility index (Phi) is 5.01. The van der Waals surface area contributed by atoms with E-state index in [1.54, 1.807) is 0 Å². The highest BCUT2D eigenvalue weighted by molar-refractivity contribution is 5.92. The third-order valence-electron chi connectivity index (χ3n) is 5.50. The minimum absolute atomic E-state index is 0.00456. The molecule has 1 atom stereocenters. The number of aromatic amines is 2. The topological polar surface area (TPSA) is 89.3 Å². The van der Waals surface area contributed by atoms with Gasteiger partial charge in [-0.25, -0.2) is 4.79 Å². The van der Waals surface area contributed by atoms with Gasteiger partial charge in [0.1, 0.15) is 5.69 Å². The maximum absolute atomic E-state index is 12.7. The Labute approximate surface area is 147 Å². The minimum Gasteiger partial charge on any atom is -0.342 e. The Hall–Kier alpha value is -2.05. The third-order valence-corrected chi connectivity index (χ3v) is 5.50. The van der Waals surface area contributed by atoms with Gasteiger partial charge < -0.3 is 19.8 Å². The van der Waals surface area contributed by atoms with Gasteiger partial charge >= 0.3 is 5.69 Å². The highest BCUT2D eigenvalue weighted by Crippen LogP contribution is 2.39. The summed E-state index contributed by atoms with van der Waals surface area (Å²) in [5, 5.41) is 0. The summed E-state index contributed by atoms with van der Waals surface area (Å²) in [6.45, 7) is 7.24. The molecule has 2 aliphatic heterocycles. The van der Waals surface area contributed by atoms with Crippen molar-refractivity contribution in [2.24, 2.45) is 11.3 Å². The predicted octanol–water partition coefficient (Wildman–Crippen LogP) is 1.59. The Morgan fingerprint density at radius 1 is 1.28 bits per heavy atom. The minimum atomic E-state index is -0.363. The lowest BCUT2D eigenvalue weighted by Crippen LogP contribution is -2.55. The first-order chi connectivity index (χ1) is 11.9. The molecule has 2 saturated heterocycles. The predicted molar refractivity (Wildman–Crippen MR) is 94.3 cm³/mol. The van der Waals surface area contributed by atoms with E-state index in [1.165, 1.54) is 6.20 Å². The molecule has 1 aromatic heterocycles. The zero-order chi connectivity index (χ0) is 18.0. The molecule has 0 aromatic carbocycles. The van der Waals surface area contributed by atoms with Crippen molar-refractivity contribution in [1.82, 2.24) is 19.8 Å². The summed E-state index contributed by atoms with van der Waals surface area (Å²) >= 11 is 0. The monoisotopic (exact) mass is 348 g/mol. The van der Waals surface area contributed by atoms with Gasteiger partial charge in [-0.3, -0.25) is 9.59 Å². The molecule has 1 spiro atoms. The molecule has 3 heterocycles. The van der Waals surface area contributed by atoms with Gasteiger partial charge in [-0.2, -0.15) is 0 Å². The lowest BCUT2D eigenvalue weighted by molar-refractivity contribution is -0.139. The summed E-state index contributed by atoms with van der Waals surface area (Å²) in [4.78, 5) is 45.0. The van der Waals surface area contributed by atoms with Crippen LogP contribution in [0.4, 0.5) is 0 Å². The number of carbonyl (C=O) groups excluding carboxylic acids is 2. The number of hydrogen-bond acceptors (Lipinski definition) is 3.